The number of amides is 1. The van der Waals surface area contributed by atoms with Crippen LogP contribution in [0.1, 0.15) is 36.5 Å². The van der Waals surface area contributed by atoms with Crippen molar-refractivity contribution in [2.75, 3.05) is 26.9 Å². The van der Waals surface area contributed by atoms with Crippen molar-refractivity contribution in [3.8, 4) is 17.2 Å². The summed E-state index contributed by atoms with van der Waals surface area (Å²) in [5, 5.41) is 2.96. The lowest BCUT2D eigenvalue weighted by Crippen LogP contribution is -2.40. The van der Waals surface area contributed by atoms with Gasteiger partial charge in [-0.3, -0.25) is 4.79 Å². The van der Waals surface area contributed by atoms with Gasteiger partial charge in [0.15, 0.2) is 11.5 Å². The molecule has 3 N–H and O–H groups in total. The molecule has 1 aliphatic rings. The van der Waals surface area contributed by atoms with Crippen LogP contribution in [0.25, 0.3) is 0 Å². The number of hydrogen-bond donors (Lipinski definition) is 2. The second kappa shape index (κ2) is 9.47. The summed E-state index contributed by atoms with van der Waals surface area (Å²) >= 11 is 0. The fraction of sp³-hybridized carbons (Fsp3) is 0.562. The van der Waals surface area contributed by atoms with Gasteiger partial charge in [0.25, 0.3) is 5.91 Å². The Bertz CT molecular complexity index is 508. The van der Waals surface area contributed by atoms with Crippen LogP contribution in [0.3, 0.4) is 0 Å². The minimum Gasteiger partial charge on any atom is -0.493 e. The van der Waals surface area contributed by atoms with Gasteiger partial charge in [0.2, 0.25) is 5.75 Å². The first-order valence-electron chi connectivity index (χ1n) is 7.68. The van der Waals surface area contributed by atoms with Crippen molar-refractivity contribution in [1.29, 1.82) is 0 Å². The average Bonchev–Trinajstić information content (AvgIpc) is 2.57. The van der Waals surface area contributed by atoms with E-state index in [1.165, 1.54) is 0 Å². The number of methoxy groups -OCH3 is 1. The zero-order valence-corrected chi connectivity index (χ0v) is 14.4. The van der Waals surface area contributed by atoms with Crippen LogP contribution in [0.2, 0.25) is 0 Å². The second-order valence-corrected chi connectivity index (χ2v) is 5.25. The van der Waals surface area contributed by atoms with E-state index in [0.717, 1.165) is 19.3 Å². The third-order valence-electron chi connectivity index (χ3n) is 3.62. The Labute approximate surface area is 143 Å². The number of nitrogens with one attached hydrogen (secondary N) is 1. The van der Waals surface area contributed by atoms with Gasteiger partial charge in [-0.1, -0.05) is 19.8 Å². The van der Waals surface area contributed by atoms with Crippen molar-refractivity contribution in [3.05, 3.63) is 17.7 Å². The van der Waals surface area contributed by atoms with E-state index >= 15 is 0 Å². The fourth-order valence-electron chi connectivity index (χ4n) is 2.37. The van der Waals surface area contributed by atoms with E-state index in [9.17, 15) is 4.79 Å². The van der Waals surface area contributed by atoms with Gasteiger partial charge in [-0.25, -0.2) is 0 Å². The number of nitrogens with two attached hydrogens (primary N) is 1. The maximum absolute atomic E-state index is 12.4. The lowest BCUT2D eigenvalue weighted by atomic mass is 10.1. The number of unbranched alkanes of at least 4 members (excludes halogenated alkanes) is 1. The second-order valence-electron chi connectivity index (χ2n) is 5.25. The van der Waals surface area contributed by atoms with Crippen molar-refractivity contribution in [1.82, 2.24) is 5.32 Å². The molecule has 6 nitrogen and oxygen atoms in total. The van der Waals surface area contributed by atoms with Crippen LogP contribution >= 0.6 is 12.4 Å². The van der Waals surface area contributed by atoms with Crippen molar-refractivity contribution in [2.24, 2.45) is 5.73 Å². The number of carbonyl (C=O) groups is 1. The zero-order chi connectivity index (χ0) is 15.9. The molecule has 0 saturated heterocycles. The van der Waals surface area contributed by atoms with E-state index in [1.54, 1.807) is 19.2 Å². The highest BCUT2D eigenvalue weighted by Gasteiger charge is 2.21. The minimum atomic E-state index is -0.179. The van der Waals surface area contributed by atoms with Gasteiger partial charge in [-0.05, 0) is 18.6 Å². The summed E-state index contributed by atoms with van der Waals surface area (Å²) in [6.45, 7) is 3.47. The Balaban J connectivity index is 0.00000264. The summed E-state index contributed by atoms with van der Waals surface area (Å²) in [6, 6.07) is 3.32. The Hall–Kier alpha value is -1.66. The largest absolute Gasteiger partial charge is 0.493 e. The zero-order valence-electron chi connectivity index (χ0n) is 13.6. The molecule has 1 unspecified atom stereocenters. The molecule has 1 aliphatic heterocycles. The summed E-state index contributed by atoms with van der Waals surface area (Å²) in [6.07, 6.45) is 2.98. The summed E-state index contributed by atoms with van der Waals surface area (Å²) in [5.41, 5.74) is 6.21. The van der Waals surface area contributed by atoms with Crippen LogP contribution in [0, 0.1) is 0 Å². The quantitative estimate of drug-likeness (QED) is 0.791. The molecule has 1 atom stereocenters. The molecule has 7 heteroatoms. The summed E-state index contributed by atoms with van der Waals surface area (Å²) < 4.78 is 16.4. The van der Waals surface area contributed by atoms with Crippen LogP contribution in [0.4, 0.5) is 0 Å². The SMILES string of the molecule is CCCCC(CN)NC(=O)c1cc(OC)c2c(c1)OCCO2.Cl. The summed E-state index contributed by atoms with van der Waals surface area (Å²) in [7, 11) is 1.54. The van der Waals surface area contributed by atoms with Gasteiger partial charge < -0.3 is 25.3 Å². The molecule has 0 aliphatic carbocycles. The maximum Gasteiger partial charge on any atom is 0.251 e. The Morgan fingerprint density at radius 1 is 1.39 bits per heavy atom. The molecule has 1 aromatic carbocycles. The smallest absolute Gasteiger partial charge is 0.251 e. The number of hydrogen-bond acceptors (Lipinski definition) is 5. The molecule has 2 rings (SSSR count). The Kier molecular flexibility index (Phi) is 7.98. The number of carbonyl (C=O) groups excluding carboxylic acids is 1. The predicted molar refractivity (Wildman–Crippen MR) is 91.1 cm³/mol. The Morgan fingerprint density at radius 2 is 2.13 bits per heavy atom. The minimum absolute atomic E-state index is 0. The van der Waals surface area contributed by atoms with E-state index in [-0.39, 0.29) is 24.4 Å². The van der Waals surface area contributed by atoms with Crippen LogP contribution < -0.4 is 25.3 Å². The van der Waals surface area contributed by atoms with E-state index < -0.39 is 0 Å². The molecule has 1 aromatic rings. The number of fused-ring (bicyclic) bond motifs is 1. The fourth-order valence-corrected chi connectivity index (χ4v) is 2.37. The van der Waals surface area contributed by atoms with Gasteiger partial charge >= 0.3 is 0 Å². The van der Waals surface area contributed by atoms with Gasteiger partial charge in [0, 0.05) is 18.2 Å². The van der Waals surface area contributed by atoms with Gasteiger partial charge in [-0.15, -0.1) is 12.4 Å². The molecular formula is C16H25ClN2O4. The third kappa shape index (κ3) is 4.91. The van der Waals surface area contributed by atoms with Crippen LogP contribution in [0.5, 0.6) is 17.2 Å². The first kappa shape index (κ1) is 19.4. The van der Waals surface area contributed by atoms with Crippen LogP contribution in [-0.2, 0) is 0 Å². The predicted octanol–water partition coefficient (Wildman–Crippen LogP) is 2.14. The van der Waals surface area contributed by atoms with E-state index in [4.69, 9.17) is 19.9 Å². The first-order valence-corrected chi connectivity index (χ1v) is 7.68. The topological polar surface area (TPSA) is 82.8 Å². The van der Waals surface area contributed by atoms with Crippen molar-refractivity contribution in [2.45, 2.75) is 32.2 Å². The van der Waals surface area contributed by atoms with E-state index in [1.807, 2.05) is 0 Å². The molecule has 1 amide bonds. The van der Waals surface area contributed by atoms with Gasteiger partial charge in [0.05, 0.1) is 7.11 Å². The maximum atomic E-state index is 12.4. The molecular weight excluding hydrogens is 320 g/mol. The van der Waals surface area contributed by atoms with Crippen LogP contribution in [-0.4, -0.2) is 38.8 Å². The number of benzene rings is 1. The highest BCUT2D eigenvalue weighted by molar-refractivity contribution is 5.95. The van der Waals surface area contributed by atoms with Gasteiger partial charge in [0.1, 0.15) is 13.2 Å². The molecule has 1 heterocycles. The number of halogens is 1. The molecule has 0 saturated carbocycles. The molecule has 0 bridgehead atoms. The summed E-state index contributed by atoms with van der Waals surface area (Å²) in [5.74, 6) is 1.40. The Morgan fingerprint density at radius 3 is 2.78 bits per heavy atom. The van der Waals surface area contributed by atoms with E-state index in [0.29, 0.717) is 42.6 Å². The number of rotatable bonds is 7. The van der Waals surface area contributed by atoms with Crippen molar-refractivity contribution < 1.29 is 19.0 Å². The highest BCUT2D eigenvalue weighted by atomic mass is 35.5. The number of ether oxygens (including phenoxy) is 3. The molecule has 23 heavy (non-hydrogen) atoms. The molecule has 130 valence electrons. The normalized spacial score (nSPS) is 13.7. The third-order valence-corrected chi connectivity index (χ3v) is 3.62. The lowest BCUT2D eigenvalue weighted by Gasteiger charge is -2.22. The standard InChI is InChI=1S/C16H24N2O4.ClH/c1-3-4-5-12(10-17)18-16(19)11-8-13(20-2)15-14(9-11)21-6-7-22-15;/h8-9,12H,3-7,10,17H2,1-2H3,(H,18,19);1H. The van der Waals surface area contributed by atoms with Gasteiger partial charge in [-0.2, -0.15) is 0 Å². The lowest BCUT2D eigenvalue weighted by molar-refractivity contribution is 0.0934. The molecule has 0 radical (unpaired) electrons. The molecule has 0 aromatic heterocycles. The van der Waals surface area contributed by atoms with Crippen molar-refractivity contribution >= 4 is 18.3 Å². The molecule has 0 spiro atoms. The van der Waals surface area contributed by atoms with E-state index in [2.05, 4.69) is 12.2 Å². The highest BCUT2D eigenvalue weighted by Crippen LogP contribution is 2.40. The first-order chi connectivity index (χ1) is 10.7. The van der Waals surface area contributed by atoms with Crippen LogP contribution in [0.15, 0.2) is 12.1 Å². The summed E-state index contributed by atoms with van der Waals surface area (Å²) in [4.78, 5) is 12.4. The van der Waals surface area contributed by atoms with Crippen molar-refractivity contribution in [3.63, 3.8) is 0 Å². The average molecular weight is 345 g/mol. The molecule has 0 fully saturated rings. The monoisotopic (exact) mass is 344 g/mol.